The van der Waals surface area contributed by atoms with Crippen LogP contribution in [0.25, 0.3) is 0 Å². The predicted octanol–water partition coefficient (Wildman–Crippen LogP) is 0.973. The van der Waals surface area contributed by atoms with Crippen molar-refractivity contribution in [3.05, 3.63) is 0 Å². The number of esters is 1. The summed E-state index contributed by atoms with van der Waals surface area (Å²) in [6, 6.07) is -1.44. The Morgan fingerprint density at radius 2 is 2.00 bits per heavy atom. The summed E-state index contributed by atoms with van der Waals surface area (Å²) in [5.41, 5.74) is -0.656. The number of ether oxygens (including phenoxy) is 2. The van der Waals surface area contributed by atoms with Gasteiger partial charge in [-0.2, -0.15) is 12.6 Å². The minimum Gasteiger partial charge on any atom is -0.467 e. The molecule has 126 valence electrons. The number of rotatable bonds is 4. The molecule has 0 spiro atoms. The molecule has 2 atom stereocenters. The lowest BCUT2D eigenvalue weighted by Gasteiger charge is -2.28. The van der Waals surface area contributed by atoms with Crippen LogP contribution in [0.4, 0.5) is 4.79 Å². The molecule has 0 aromatic heterocycles. The SMILES string of the molecule is COC(=O)C1CCCN1C(=O)C(CS)NC(=O)OC(C)(C)C. The van der Waals surface area contributed by atoms with E-state index in [2.05, 4.69) is 17.9 Å². The average Bonchev–Trinajstić information content (AvgIpc) is 2.90. The Kier molecular flexibility index (Phi) is 6.52. The van der Waals surface area contributed by atoms with E-state index in [1.54, 1.807) is 20.8 Å². The van der Waals surface area contributed by atoms with E-state index in [0.717, 1.165) is 6.42 Å². The molecule has 0 aromatic carbocycles. The summed E-state index contributed by atoms with van der Waals surface area (Å²) in [7, 11) is 1.29. The lowest BCUT2D eigenvalue weighted by Crippen LogP contribution is -2.53. The van der Waals surface area contributed by atoms with Gasteiger partial charge in [-0.05, 0) is 33.6 Å². The summed E-state index contributed by atoms with van der Waals surface area (Å²) >= 11 is 4.10. The maximum Gasteiger partial charge on any atom is 0.408 e. The Bertz CT molecular complexity index is 435. The molecule has 2 unspecified atom stereocenters. The van der Waals surface area contributed by atoms with E-state index in [0.29, 0.717) is 13.0 Å². The molecule has 0 radical (unpaired) electrons. The minimum atomic E-state index is -0.844. The largest absolute Gasteiger partial charge is 0.467 e. The van der Waals surface area contributed by atoms with Gasteiger partial charge in [-0.15, -0.1) is 0 Å². The number of methoxy groups -OCH3 is 1. The quantitative estimate of drug-likeness (QED) is 0.592. The fraction of sp³-hybridized carbons (Fsp3) is 0.786. The standard InChI is InChI=1S/C14H24N2O5S/c1-14(2,3)21-13(19)15-9(8-22)11(17)16-7-5-6-10(16)12(18)20-4/h9-10,22H,5-8H2,1-4H3,(H,15,19). The van der Waals surface area contributed by atoms with Crippen LogP contribution in [0.5, 0.6) is 0 Å². The van der Waals surface area contributed by atoms with Gasteiger partial charge in [0.1, 0.15) is 17.7 Å². The summed E-state index contributed by atoms with van der Waals surface area (Å²) < 4.78 is 9.84. The van der Waals surface area contributed by atoms with Gasteiger partial charge in [0.15, 0.2) is 0 Å². The molecule has 7 nitrogen and oxygen atoms in total. The van der Waals surface area contributed by atoms with Crippen LogP contribution in [0.15, 0.2) is 0 Å². The van der Waals surface area contributed by atoms with Crippen molar-refractivity contribution in [1.29, 1.82) is 0 Å². The molecular formula is C14H24N2O5S. The van der Waals surface area contributed by atoms with E-state index in [1.165, 1.54) is 12.0 Å². The first kappa shape index (κ1) is 18.6. The summed E-state index contributed by atoms with van der Waals surface area (Å²) in [5, 5.41) is 2.50. The number of hydrogen-bond donors (Lipinski definition) is 2. The molecule has 1 rings (SSSR count). The number of nitrogens with one attached hydrogen (secondary N) is 1. The van der Waals surface area contributed by atoms with Gasteiger partial charge in [0.25, 0.3) is 0 Å². The van der Waals surface area contributed by atoms with Gasteiger partial charge in [0.05, 0.1) is 7.11 Å². The number of amides is 2. The zero-order chi connectivity index (χ0) is 16.9. The lowest BCUT2D eigenvalue weighted by molar-refractivity contribution is -0.151. The van der Waals surface area contributed by atoms with Crippen LogP contribution in [-0.2, 0) is 19.1 Å². The molecule has 1 saturated heterocycles. The van der Waals surface area contributed by atoms with Gasteiger partial charge in [0.2, 0.25) is 5.91 Å². The summed E-state index contributed by atoms with van der Waals surface area (Å²) in [6.07, 6.45) is 0.593. The van der Waals surface area contributed by atoms with Gasteiger partial charge < -0.3 is 19.7 Å². The van der Waals surface area contributed by atoms with Crippen molar-refractivity contribution in [2.45, 2.75) is 51.3 Å². The average molecular weight is 332 g/mol. The topological polar surface area (TPSA) is 84.9 Å². The van der Waals surface area contributed by atoms with Gasteiger partial charge in [0, 0.05) is 12.3 Å². The third-order valence-electron chi connectivity index (χ3n) is 3.18. The maximum atomic E-state index is 12.5. The van der Waals surface area contributed by atoms with Crippen LogP contribution in [0.1, 0.15) is 33.6 Å². The smallest absolute Gasteiger partial charge is 0.408 e. The fourth-order valence-electron chi connectivity index (χ4n) is 2.25. The number of carbonyl (C=O) groups is 3. The highest BCUT2D eigenvalue weighted by atomic mass is 32.1. The van der Waals surface area contributed by atoms with Crippen LogP contribution in [0.2, 0.25) is 0 Å². The van der Waals surface area contributed by atoms with Gasteiger partial charge in [-0.25, -0.2) is 9.59 Å². The molecule has 0 saturated carbocycles. The minimum absolute atomic E-state index is 0.114. The van der Waals surface area contributed by atoms with Crippen LogP contribution in [0.3, 0.4) is 0 Å². The van der Waals surface area contributed by atoms with Crippen molar-refractivity contribution in [2.24, 2.45) is 0 Å². The molecule has 1 aliphatic heterocycles. The van der Waals surface area contributed by atoms with Crippen LogP contribution in [-0.4, -0.2) is 60.0 Å². The Morgan fingerprint density at radius 1 is 1.36 bits per heavy atom. The Labute approximate surface area is 136 Å². The first-order valence-corrected chi connectivity index (χ1v) is 7.81. The third kappa shape index (κ3) is 5.08. The summed E-state index contributed by atoms with van der Waals surface area (Å²) in [4.78, 5) is 37.4. The lowest BCUT2D eigenvalue weighted by atomic mass is 10.2. The van der Waals surface area contributed by atoms with Gasteiger partial charge in [-0.3, -0.25) is 4.79 Å². The van der Waals surface area contributed by atoms with Crippen LogP contribution < -0.4 is 5.32 Å². The summed E-state index contributed by atoms with van der Waals surface area (Å²) in [5.74, 6) is -0.683. The molecule has 2 amide bonds. The second-order valence-electron chi connectivity index (χ2n) is 6.09. The monoisotopic (exact) mass is 332 g/mol. The summed E-state index contributed by atoms with van der Waals surface area (Å²) in [6.45, 7) is 5.66. The molecule has 22 heavy (non-hydrogen) atoms. The van der Waals surface area contributed by atoms with E-state index >= 15 is 0 Å². The highest BCUT2D eigenvalue weighted by molar-refractivity contribution is 7.80. The number of nitrogens with zero attached hydrogens (tertiary/aromatic N) is 1. The number of hydrogen-bond acceptors (Lipinski definition) is 6. The molecule has 1 fully saturated rings. The normalized spacial score (nSPS) is 19.5. The van der Waals surface area contributed by atoms with Crippen molar-refractivity contribution in [3.8, 4) is 0 Å². The number of carbonyl (C=O) groups excluding carboxylic acids is 3. The van der Waals surface area contributed by atoms with Crippen molar-refractivity contribution >= 4 is 30.6 Å². The van der Waals surface area contributed by atoms with Crippen LogP contribution in [0, 0.1) is 0 Å². The molecular weight excluding hydrogens is 308 g/mol. The fourth-order valence-corrected chi connectivity index (χ4v) is 2.49. The van der Waals surface area contributed by atoms with E-state index in [4.69, 9.17) is 9.47 Å². The first-order chi connectivity index (χ1) is 10.2. The second kappa shape index (κ2) is 7.71. The first-order valence-electron chi connectivity index (χ1n) is 7.18. The van der Waals surface area contributed by atoms with Crippen LogP contribution >= 0.6 is 12.6 Å². The number of likely N-dealkylation sites (tertiary alicyclic amines) is 1. The number of alkyl carbamates (subject to hydrolysis) is 1. The van der Waals surface area contributed by atoms with Crippen molar-refractivity contribution in [1.82, 2.24) is 10.2 Å². The zero-order valence-corrected chi connectivity index (χ0v) is 14.3. The van der Waals surface area contributed by atoms with Gasteiger partial charge in [-0.1, -0.05) is 0 Å². The van der Waals surface area contributed by atoms with E-state index in [-0.39, 0.29) is 11.7 Å². The van der Waals surface area contributed by atoms with Crippen molar-refractivity contribution < 1.29 is 23.9 Å². The molecule has 1 N–H and O–H groups in total. The van der Waals surface area contributed by atoms with Crippen molar-refractivity contribution in [3.63, 3.8) is 0 Å². The Morgan fingerprint density at radius 3 is 2.50 bits per heavy atom. The highest BCUT2D eigenvalue weighted by Crippen LogP contribution is 2.20. The molecule has 1 aliphatic rings. The Hall–Kier alpha value is -1.44. The Balaban J connectivity index is 2.71. The molecule has 8 heteroatoms. The second-order valence-corrected chi connectivity index (χ2v) is 6.46. The zero-order valence-electron chi connectivity index (χ0n) is 13.4. The molecule has 0 aromatic rings. The molecule has 0 bridgehead atoms. The van der Waals surface area contributed by atoms with Crippen molar-refractivity contribution in [2.75, 3.05) is 19.4 Å². The van der Waals surface area contributed by atoms with Gasteiger partial charge >= 0.3 is 12.1 Å². The predicted molar refractivity (Wildman–Crippen MR) is 83.8 cm³/mol. The molecule has 0 aliphatic carbocycles. The third-order valence-corrected chi connectivity index (χ3v) is 3.55. The number of thiol groups is 1. The van der Waals surface area contributed by atoms with E-state index < -0.39 is 29.7 Å². The van der Waals surface area contributed by atoms with E-state index in [9.17, 15) is 14.4 Å². The highest BCUT2D eigenvalue weighted by Gasteiger charge is 2.38. The maximum absolute atomic E-state index is 12.5. The van der Waals surface area contributed by atoms with E-state index in [1.807, 2.05) is 0 Å². The molecule has 1 heterocycles.